The number of aromatic nitrogens is 1. The lowest BCUT2D eigenvalue weighted by atomic mass is 9.93. The minimum absolute atomic E-state index is 0.0262. The summed E-state index contributed by atoms with van der Waals surface area (Å²) in [7, 11) is 0. The van der Waals surface area contributed by atoms with E-state index in [0.717, 1.165) is 30.5 Å². The number of nitrogens with one attached hydrogen (secondary N) is 3. The summed E-state index contributed by atoms with van der Waals surface area (Å²) in [5.74, 6) is -0.195. The third-order valence-corrected chi connectivity index (χ3v) is 5.86. The van der Waals surface area contributed by atoms with Crippen molar-refractivity contribution in [3.63, 3.8) is 0 Å². The highest BCUT2D eigenvalue weighted by molar-refractivity contribution is 5.94. The fourth-order valence-electron chi connectivity index (χ4n) is 4.01. The lowest BCUT2D eigenvalue weighted by molar-refractivity contribution is -0.120. The van der Waals surface area contributed by atoms with Gasteiger partial charge in [0.05, 0.1) is 0 Å². The van der Waals surface area contributed by atoms with Crippen LogP contribution in [0.2, 0.25) is 0 Å². The van der Waals surface area contributed by atoms with Crippen LogP contribution in [0.15, 0.2) is 91.1 Å². The molecule has 33 heavy (non-hydrogen) atoms. The van der Waals surface area contributed by atoms with Crippen molar-refractivity contribution in [2.45, 2.75) is 25.7 Å². The molecular weight excluding hydrogens is 410 g/mol. The number of aryl methyl sites for hydroxylation is 1. The Hall–Kier alpha value is -3.86. The van der Waals surface area contributed by atoms with Crippen molar-refractivity contribution in [1.29, 1.82) is 0 Å². The Bertz CT molecular complexity index is 1190. The average Bonchev–Trinajstić information content (AvgIpc) is 3.32. The van der Waals surface area contributed by atoms with E-state index in [-0.39, 0.29) is 17.7 Å². The number of rotatable bonds is 10. The third kappa shape index (κ3) is 6.32. The number of hydrogen-bond donors (Lipinski definition) is 3. The molecule has 0 saturated heterocycles. The zero-order valence-corrected chi connectivity index (χ0v) is 18.6. The van der Waals surface area contributed by atoms with Crippen LogP contribution < -0.4 is 10.6 Å². The molecule has 0 bridgehead atoms. The van der Waals surface area contributed by atoms with Crippen LogP contribution in [0.3, 0.4) is 0 Å². The van der Waals surface area contributed by atoms with Gasteiger partial charge in [-0.2, -0.15) is 0 Å². The van der Waals surface area contributed by atoms with E-state index in [1.54, 1.807) is 12.1 Å². The number of hydrogen-bond acceptors (Lipinski definition) is 2. The first-order valence-corrected chi connectivity index (χ1v) is 11.4. The van der Waals surface area contributed by atoms with Crippen molar-refractivity contribution < 1.29 is 9.59 Å². The summed E-state index contributed by atoms with van der Waals surface area (Å²) in [6.07, 6.45) is 4.96. The number of fused-ring (bicyclic) bond motifs is 1. The summed E-state index contributed by atoms with van der Waals surface area (Å²) in [6, 6.07) is 27.2. The van der Waals surface area contributed by atoms with Crippen LogP contribution >= 0.6 is 0 Å². The van der Waals surface area contributed by atoms with Crippen LogP contribution in [0.1, 0.15) is 35.2 Å². The number of carbonyl (C=O) groups is 2. The molecule has 3 N–H and O–H groups in total. The van der Waals surface area contributed by atoms with Gasteiger partial charge in [0.15, 0.2) is 0 Å². The quantitative estimate of drug-likeness (QED) is 0.283. The van der Waals surface area contributed by atoms with Gasteiger partial charge in [-0.1, -0.05) is 42.5 Å². The molecule has 0 spiro atoms. The van der Waals surface area contributed by atoms with E-state index in [0.29, 0.717) is 18.5 Å². The molecule has 1 atom stereocenters. The third-order valence-electron chi connectivity index (χ3n) is 5.86. The first kappa shape index (κ1) is 22.3. The highest BCUT2D eigenvalue weighted by Crippen LogP contribution is 2.21. The molecule has 0 fully saturated rings. The van der Waals surface area contributed by atoms with Crippen molar-refractivity contribution in [1.82, 2.24) is 10.3 Å². The first-order valence-electron chi connectivity index (χ1n) is 11.4. The molecule has 1 heterocycles. The fraction of sp³-hybridized carbons (Fsp3) is 0.214. The van der Waals surface area contributed by atoms with Gasteiger partial charge >= 0.3 is 0 Å². The predicted octanol–water partition coefficient (Wildman–Crippen LogP) is 5.57. The van der Waals surface area contributed by atoms with Gasteiger partial charge in [-0.3, -0.25) is 9.59 Å². The summed E-state index contributed by atoms with van der Waals surface area (Å²) < 4.78 is 0. The van der Waals surface area contributed by atoms with E-state index >= 15 is 0 Å². The van der Waals surface area contributed by atoms with E-state index in [4.69, 9.17) is 0 Å². The van der Waals surface area contributed by atoms with Gasteiger partial charge in [0.25, 0.3) is 5.91 Å². The van der Waals surface area contributed by atoms with Crippen LogP contribution in [0.5, 0.6) is 0 Å². The summed E-state index contributed by atoms with van der Waals surface area (Å²) >= 11 is 0. The fourth-order valence-corrected chi connectivity index (χ4v) is 4.01. The van der Waals surface area contributed by atoms with Gasteiger partial charge in [0, 0.05) is 35.4 Å². The summed E-state index contributed by atoms with van der Waals surface area (Å²) in [6.45, 7) is 0.540. The standard InChI is InChI=1S/C28H29N3O2/c32-27(22-8-3-1-4-9-22)30-18-7-10-23(28(33)31-25-11-5-2-6-12-25)15-13-21-14-16-26-24(20-21)17-19-29-26/h1-6,8-9,11-12,14,16-17,19-20,23,29H,7,10,13,15,18H2,(H,30,32)(H,31,33). The molecule has 1 unspecified atom stereocenters. The summed E-state index contributed by atoms with van der Waals surface area (Å²) in [4.78, 5) is 28.5. The SMILES string of the molecule is O=C(NCCCC(CCc1ccc2[nH]ccc2c1)C(=O)Nc1ccccc1)c1ccccc1. The number of benzene rings is 3. The lowest BCUT2D eigenvalue weighted by Crippen LogP contribution is -2.27. The van der Waals surface area contributed by atoms with Gasteiger partial charge in [-0.25, -0.2) is 0 Å². The van der Waals surface area contributed by atoms with E-state index < -0.39 is 0 Å². The van der Waals surface area contributed by atoms with Crippen LogP contribution in [-0.4, -0.2) is 23.3 Å². The van der Waals surface area contributed by atoms with Crippen LogP contribution in [0, 0.1) is 5.92 Å². The Balaban J connectivity index is 1.34. The molecule has 5 heteroatoms. The normalized spacial score (nSPS) is 11.8. The van der Waals surface area contributed by atoms with E-state index in [9.17, 15) is 9.59 Å². The molecule has 0 aliphatic rings. The van der Waals surface area contributed by atoms with Crippen molar-refractivity contribution in [2.24, 2.45) is 5.92 Å². The molecule has 3 aromatic carbocycles. The Morgan fingerprint density at radius 3 is 2.39 bits per heavy atom. The maximum absolute atomic E-state index is 13.1. The second-order valence-corrected chi connectivity index (χ2v) is 8.25. The Labute approximate surface area is 194 Å². The minimum Gasteiger partial charge on any atom is -0.361 e. The minimum atomic E-state index is -0.138. The Morgan fingerprint density at radius 2 is 1.61 bits per heavy atom. The molecule has 0 saturated carbocycles. The number of anilines is 1. The number of amides is 2. The molecule has 0 aliphatic carbocycles. The number of para-hydroxylation sites is 1. The molecule has 5 nitrogen and oxygen atoms in total. The number of carbonyl (C=O) groups excluding carboxylic acids is 2. The van der Waals surface area contributed by atoms with Crippen molar-refractivity contribution in [2.75, 3.05) is 11.9 Å². The van der Waals surface area contributed by atoms with Crippen molar-refractivity contribution in [3.8, 4) is 0 Å². The predicted molar refractivity (Wildman–Crippen MR) is 133 cm³/mol. The van der Waals surface area contributed by atoms with Gasteiger partial charge in [-0.05, 0) is 79.1 Å². The first-order chi connectivity index (χ1) is 16.2. The van der Waals surface area contributed by atoms with Crippen molar-refractivity contribution >= 4 is 28.4 Å². The van der Waals surface area contributed by atoms with Gasteiger partial charge < -0.3 is 15.6 Å². The summed E-state index contributed by atoms with van der Waals surface area (Å²) in [5.41, 5.74) is 3.79. The Morgan fingerprint density at radius 1 is 0.848 bits per heavy atom. The lowest BCUT2D eigenvalue weighted by Gasteiger charge is -2.17. The van der Waals surface area contributed by atoms with Crippen LogP contribution in [0.4, 0.5) is 5.69 Å². The highest BCUT2D eigenvalue weighted by atomic mass is 16.2. The second kappa shape index (κ2) is 11.1. The van der Waals surface area contributed by atoms with Gasteiger partial charge in [0.2, 0.25) is 5.91 Å². The molecule has 0 radical (unpaired) electrons. The molecule has 2 amide bonds. The molecule has 168 valence electrons. The van der Waals surface area contributed by atoms with Gasteiger partial charge in [-0.15, -0.1) is 0 Å². The highest BCUT2D eigenvalue weighted by Gasteiger charge is 2.19. The van der Waals surface area contributed by atoms with E-state index in [2.05, 4.69) is 39.9 Å². The largest absolute Gasteiger partial charge is 0.361 e. The zero-order chi connectivity index (χ0) is 22.9. The summed E-state index contributed by atoms with van der Waals surface area (Å²) in [5, 5.41) is 7.19. The Kier molecular flexibility index (Phi) is 7.54. The molecular formula is C28H29N3O2. The molecule has 0 aliphatic heterocycles. The second-order valence-electron chi connectivity index (χ2n) is 8.25. The zero-order valence-electron chi connectivity index (χ0n) is 18.6. The van der Waals surface area contributed by atoms with Crippen molar-refractivity contribution in [3.05, 3.63) is 102 Å². The average molecular weight is 440 g/mol. The monoisotopic (exact) mass is 439 g/mol. The number of H-pyrrole nitrogens is 1. The topological polar surface area (TPSA) is 74.0 Å². The molecule has 4 aromatic rings. The van der Waals surface area contributed by atoms with Crippen LogP contribution in [0.25, 0.3) is 10.9 Å². The maximum Gasteiger partial charge on any atom is 0.251 e. The molecule has 4 rings (SSSR count). The van der Waals surface area contributed by atoms with E-state index in [1.807, 2.05) is 54.7 Å². The maximum atomic E-state index is 13.1. The molecule has 1 aromatic heterocycles. The smallest absolute Gasteiger partial charge is 0.251 e. The number of aromatic amines is 1. The van der Waals surface area contributed by atoms with Gasteiger partial charge in [0.1, 0.15) is 0 Å². The van der Waals surface area contributed by atoms with Crippen LogP contribution in [-0.2, 0) is 11.2 Å². The van der Waals surface area contributed by atoms with E-state index in [1.165, 1.54) is 10.9 Å².